The average molecular weight is 250 g/mol. The van der Waals surface area contributed by atoms with Crippen molar-refractivity contribution in [1.29, 1.82) is 0 Å². The Balaban J connectivity index is 1.86. The van der Waals surface area contributed by atoms with Crippen LogP contribution in [0.1, 0.15) is 38.2 Å². The van der Waals surface area contributed by atoms with E-state index in [1.807, 2.05) is 17.9 Å². The van der Waals surface area contributed by atoms with Gasteiger partial charge in [-0.1, -0.05) is 13.3 Å². The zero-order valence-corrected chi connectivity index (χ0v) is 11.7. The van der Waals surface area contributed by atoms with Gasteiger partial charge in [0.1, 0.15) is 0 Å². The number of nitrogens with zero attached hydrogens (tertiary/aromatic N) is 3. The minimum Gasteiger partial charge on any atom is -0.313 e. The smallest absolute Gasteiger partial charge is 0.0534 e. The molecule has 0 saturated carbocycles. The van der Waals surface area contributed by atoms with Crippen molar-refractivity contribution in [1.82, 2.24) is 20.0 Å². The van der Waals surface area contributed by atoms with Crippen molar-refractivity contribution >= 4 is 0 Å². The lowest BCUT2D eigenvalue weighted by Crippen LogP contribution is -2.37. The van der Waals surface area contributed by atoms with Gasteiger partial charge in [0, 0.05) is 37.9 Å². The lowest BCUT2D eigenvalue weighted by molar-refractivity contribution is 0.237. The number of hydrogen-bond acceptors (Lipinski definition) is 3. The fourth-order valence-electron chi connectivity index (χ4n) is 2.65. The maximum Gasteiger partial charge on any atom is 0.0534 e. The topological polar surface area (TPSA) is 33.1 Å². The van der Waals surface area contributed by atoms with Gasteiger partial charge in [-0.05, 0) is 32.4 Å². The molecule has 1 unspecified atom stereocenters. The predicted octanol–water partition coefficient (Wildman–Crippen LogP) is 1.77. The van der Waals surface area contributed by atoms with Crippen LogP contribution in [-0.2, 0) is 13.6 Å². The number of hydrogen-bond donors (Lipinski definition) is 1. The van der Waals surface area contributed by atoms with Crippen molar-refractivity contribution in [2.75, 3.05) is 19.6 Å². The maximum atomic E-state index is 4.26. The second-order valence-electron chi connectivity index (χ2n) is 5.40. The number of aryl methyl sites for hydroxylation is 1. The fraction of sp³-hybridized carbons (Fsp3) is 0.786. The quantitative estimate of drug-likeness (QED) is 0.800. The first-order chi connectivity index (χ1) is 8.78. The first kappa shape index (κ1) is 13.6. The minimum absolute atomic E-state index is 0.693. The summed E-state index contributed by atoms with van der Waals surface area (Å²) in [5, 5.41) is 7.85. The molecular weight excluding hydrogens is 224 g/mol. The van der Waals surface area contributed by atoms with Gasteiger partial charge < -0.3 is 5.32 Å². The Morgan fingerprint density at radius 2 is 2.44 bits per heavy atom. The van der Waals surface area contributed by atoms with Crippen molar-refractivity contribution in [2.45, 2.75) is 45.2 Å². The highest BCUT2D eigenvalue weighted by atomic mass is 15.2. The Labute approximate surface area is 110 Å². The molecule has 0 radical (unpaired) electrons. The summed E-state index contributed by atoms with van der Waals surface area (Å²) in [4.78, 5) is 2.57. The van der Waals surface area contributed by atoms with E-state index in [4.69, 9.17) is 0 Å². The molecule has 102 valence electrons. The second-order valence-corrected chi connectivity index (χ2v) is 5.40. The molecule has 2 heterocycles. The summed E-state index contributed by atoms with van der Waals surface area (Å²) in [5.41, 5.74) is 1.33. The number of aromatic nitrogens is 2. The normalized spacial score (nSPS) is 19.8. The van der Waals surface area contributed by atoms with Gasteiger partial charge in [-0.25, -0.2) is 0 Å². The zero-order chi connectivity index (χ0) is 12.8. The maximum absolute atomic E-state index is 4.26. The van der Waals surface area contributed by atoms with Crippen LogP contribution in [0.15, 0.2) is 12.4 Å². The zero-order valence-electron chi connectivity index (χ0n) is 11.7. The largest absolute Gasteiger partial charge is 0.313 e. The molecule has 1 aromatic rings. The molecule has 0 amide bonds. The van der Waals surface area contributed by atoms with E-state index in [2.05, 4.69) is 28.4 Å². The van der Waals surface area contributed by atoms with Crippen LogP contribution in [0.3, 0.4) is 0 Å². The van der Waals surface area contributed by atoms with E-state index in [1.165, 1.54) is 50.9 Å². The highest BCUT2D eigenvalue weighted by molar-refractivity contribution is 5.03. The molecule has 2 rings (SSSR count). The van der Waals surface area contributed by atoms with Crippen LogP contribution in [0.2, 0.25) is 0 Å². The van der Waals surface area contributed by atoms with Crippen LogP contribution in [-0.4, -0.2) is 40.4 Å². The van der Waals surface area contributed by atoms with Crippen LogP contribution in [0.5, 0.6) is 0 Å². The second kappa shape index (κ2) is 6.90. The van der Waals surface area contributed by atoms with E-state index in [0.29, 0.717) is 6.04 Å². The standard InChI is InChI=1S/C14H26N4/c1-3-4-8-18(12-14-6-5-7-15-14)11-13-9-16-17(2)10-13/h9-10,14-15H,3-8,11-12H2,1-2H3. The van der Waals surface area contributed by atoms with Crippen molar-refractivity contribution in [2.24, 2.45) is 7.05 Å². The highest BCUT2D eigenvalue weighted by Gasteiger charge is 2.18. The van der Waals surface area contributed by atoms with Gasteiger partial charge in [-0.3, -0.25) is 9.58 Å². The lowest BCUT2D eigenvalue weighted by atomic mass is 10.2. The first-order valence-electron chi connectivity index (χ1n) is 7.21. The molecule has 1 aliphatic rings. The van der Waals surface area contributed by atoms with E-state index in [1.54, 1.807) is 0 Å². The molecule has 1 atom stereocenters. The average Bonchev–Trinajstić information content (AvgIpc) is 2.98. The van der Waals surface area contributed by atoms with Crippen LogP contribution in [0.4, 0.5) is 0 Å². The summed E-state index contributed by atoms with van der Waals surface area (Å²) < 4.78 is 1.89. The fourth-order valence-corrected chi connectivity index (χ4v) is 2.65. The SMILES string of the molecule is CCCCN(Cc1cnn(C)c1)CC1CCCN1. The molecule has 4 heteroatoms. The van der Waals surface area contributed by atoms with E-state index < -0.39 is 0 Å². The van der Waals surface area contributed by atoms with Gasteiger partial charge in [-0.15, -0.1) is 0 Å². The van der Waals surface area contributed by atoms with Gasteiger partial charge in [0.25, 0.3) is 0 Å². The Morgan fingerprint density at radius 1 is 1.56 bits per heavy atom. The third kappa shape index (κ3) is 4.10. The van der Waals surface area contributed by atoms with Gasteiger partial charge in [0.2, 0.25) is 0 Å². The van der Waals surface area contributed by atoms with E-state index in [9.17, 15) is 0 Å². The third-order valence-electron chi connectivity index (χ3n) is 3.63. The summed E-state index contributed by atoms with van der Waals surface area (Å²) in [7, 11) is 1.98. The summed E-state index contributed by atoms with van der Waals surface area (Å²) in [6.07, 6.45) is 9.32. The summed E-state index contributed by atoms with van der Waals surface area (Å²) in [6, 6.07) is 0.693. The van der Waals surface area contributed by atoms with Gasteiger partial charge in [-0.2, -0.15) is 5.10 Å². The molecule has 0 spiro atoms. The molecule has 18 heavy (non-hydrogen) atoms. The molecule has 1 fully saturated rings. The summed E-state index contributed by atoms with van der Waals surface area (Å²) in [6.45, 7) is 6.86. The molecule has 1 aromatic heterocycles. The first-order valence-corrected chi connectivity index (χ1v) is 7.21. The number of unbranched alkanes of at least 4 members (excludes halogenated alkanes) is 1. The Hall–Kier alpha value is -0.870. The molecule has 4 nitrogen and oxygen atoms in total. The Kier molecular flexibility index (Phi) is 5.20. The van der Waals surface area contributed by atoms with Gasteiger partial charge >= 0.3 is 0 Å². The Morgan fingerprint density at radius 3 is 3.06 bits per heavy atom. The van der Waals surface area contributed by atoms with Gasteiger partial charge in [0.15, 0.2) is 0 Å². The highest BCUT2D eigenvalue weighted by Crippen LogP contribution is 2.11. The van der Waals surface area contributed by atoms with E-state index in [0.717, 1.165) is 6.54 Å². The molecule has 1 saturated heterocycles. The Bertz CT molecular complexity index is 341. The summed E-state index contributed by atoms with van der Waals surface area (Å²) >= 11 is 0. The number of nitrogens with one attached hydrogen (secondary N) is 1. The molecule has 1 N–H and O–H groups in total. The van der Waals surface area contributed by atoms with Crippen LogP contribution in [0.25, 0.3) is 0 Å². The van der Waals surface area contributed by atoms with Crippen LogP contribution < -0.4 is 5.32 Å². The monoisotopic (exact) mass is 250 g/mol. The summed E-state index contributed by atoms with van der Waals surface area (Å²) in [5.74, 6) is 0. The van der Waals surface area contributed by atoms with Crippen molar-refractivity contribution in [3.63, 3.8) is 0 Å². The molecule has 0 bridgehead atoms. The van der Waals surface area contributed by atoms with Crippen molar-refractivity contribution < 1.29 is 0 Å². The molecule has 1 aliphatic heterocycles. The third-order valence-corrected chi connectivity index (χ3v) is 3.63. The van der Waals surface area contributed by atoms with Crippen molar-refractivity contribution in [3.8, 4) is 0 Å². The van der Waals surface area contributed by atoms with Crippen LogP contribution >= 0.6 is 0 Å². The van der Waals surface area contributed by atoms with Crippen LogP contribution in [0, 0.1) is 0 Å². The number of rotatable bonds is 7. The minimum atomic E-state index is 0.693. The molecule has 0 aromatic carbocycles. The molecule has 0 aliphatic carbocycles. The predicted molar refractivity (Wildman–Crippen MR) is 74.4 cm³/mol. The lowest BCUT2D eigenvalue weighted by Gasteiger charge is -2.25. The molecular formula is C14H26N4. The van der Waals surface area contributed by atoms with E-state index in [-0.39, 0.29) is 0 Å². The van der Waals surface area contributed by atoms with Crippen molar-refractivity contribution in [3.05, 3.63) is 18.0 Å². The van der Waals surface area contributed by atoms with E-state index >= 15 is 0 Å². The van der Waals surface area contributed by atoms with Gasteiger partial charge in [0.05, 0.1) is 6.20 Å².